The number of nitrogens with zero attached hydrogens (tertiary/aromatic N) is 2. The lowest BCUT2D eigenvalue weighted by atomic mass is 10.4. The highest BCUT2D eigenvalue weighted by Gasteiger charge is 2.14. The van der Waals surface area contributed by atoms with Crippen molar-refractivity contribution in [1.82, 2.24) is 9.55 Å². The number of fused-ring (bicyclic) bond motifs is 1. The molecule has 0 bridgehead atoms. The molecule has 2 aromatic heterocycles. The number of hydrogen-bond acceptors (Lipinski definition) is 6. The molecule has 0 aliphatic rings. The summed E-state index contributed by atoms with van der Waals surface area (Å²) in [6.07, 6.45) is 0. The number of thiophene rings is 1. The maximum atomic E-state index is 12.4. The maximum absolute atomic E-state index is 12.4. The lowest BCUT2D eigenvalue weighted by Gasteiger charge is -2.10. The highest BCUT2D eigenvalue weighted by molar-refractivity contribution is 7.99. The van der Waals surface area contributed by atoms with Crippen LogP contribution in [-0.4, -0.2) is 42.1 Å². The lowest BCUT2D eigenvalue weighted by Crippen LogP contribution is -2.25. The molecular weight excluding hydrogens is 332 g/mol. The molecule has 0 saturated heterocycles. The second-order valence-corrected chi connectivity index (χ2v) is 7.83. The summed E-state index contributed by atoms with van der Waals surface area (Å²) >= 11 is 2.31. The third-order valence-electron chi connectivity index (χ3n) is 2.72. The highest BCUT2D eigenvalue weighted by atomic mass is 32.2. The number of hydrogen-bond donors (Lipinski definition) is 1. The fourth-order valence-corrected chi connectivity index (χ4v) is 3.89. The molecule has 1 atom stereocenters. The summed E-state index contributed by atoms with van der Waals surface area (Å²) in [6.45, 7) is 2.10. The van der Waals surface area contributed by atoms with E-state index >= 15 is 0 Å². The minimum Gasteiger partial charge on any atom is -0.481 e. The molecule has 0 fully saturated rings. The predicted molar refractivity (Wildman–Crippen MR) is 85.8 cm³/mol. The summed E-state index contributed by atoms with van der Waals surface area (Å²) in [7, 11) is -0.991. The van der Waals surface area contributed by atoms with Crippen LogP contribution in [0.25, 0.3) is 10.2 Å². The number of thioether (sulfide) groups is 1. The Hall–Kier alpha value is -1.19. The van der Waals surface area contributed by atoms with Crippen LogP contribution in [-0.2, 0) is 22.1 Å². The Morgan fingerprint density at radius 1 is 1.57 bits per heavy atom. The van der Waals surface area contributed by atoms with E-state index in [2.05, 4.69) is 4.98 Å². The number of carbonyl (C=O) groups is 1. The molecule has 2 rings (SSSR count). The molecule has 0 aliphatic carbocycles. The minimum atomic E-state index is -0.991. The van der Waals surface area contributed by atoms with Crippen LogP contribution in [0.1, 0.15) is 6.92 Å². The Labute approximate surface area is 131 Å². The largest absolute Gasteiger partial charge is 0.481 e. The SMILES string of the molecule is CCS(=O)CCn1c(SCC(=O)O)nc2ccsc2c1=O. The molecule has 2 aromatic rings. The van der Waals surface area contributed by atoms with Gasteiger partial charge in [-0.2, -0.15) is 0 Å². The molecular formula is C12H14N2O4S3. The topological polar surface area (TPSA) is 89.3 Å². The fraction of sp³-hybridized carbons (Fsp3) is 0.417. The van der Waals surface area contributed by atoms with Gasteiger partial charge in [-0.1, -0.05) is 18.7 Å². The van der Waals surface area contributed by atoms with Crippen molar-refractivity contribution in [2.75, 3.05) is 17.3 Å². The number of aliphatic carboxylic acids is 1. The number of carboxylic acid groups (broad SMARTS) is 1. The van der Waals surface area contributed by atoms with Crippen molar-refractivity contribution in [3.05, 3.63) is 21.8 Å². The van der Waals surface area contributed by atoms with Gasteiger partial charge in [0.15, 0.2) is 5.16 Å². The molecule has 0 saturated carbocycles. The number of carboxylic acids is 1. The van der Waals surface area contributed by atoms with Gasteiger partial charge < -0.3 is 5.11 Å². The van der Waals surface area contributed by atoms with E-state index in [0.29, 0.717) is 26.9 Å². The molecule has 0 spiro atoms. The van der Waals surface area contributed by atoms with Gasteiger partial charge in [0, 0.05) is 28.9 Å². The van der Waals surface area contributed by atoms with Crippen LogP contribution in [0.15, 0.2) is 21.4 Å². The Balaban J connectivity index is 2.39. The van der Waals surface area contributed by atoms with Gasteiger partial charge in [-0.3, -0.25) is 18.4 Å². The quantitative estimate of drug-likeness (QED) is 0.602. The van der Waals surface area contributed by atoms with Crippen molar-refractivity contribution in [3.63, 3.8) is 0 Å². The molecule has 21 heavy (non-hydrogen) atoms. The van der Waals surface area contributed by atoms with E-state index < -0.39 is 16.8 Å². The Morgan fingerprint density at radius 2 is 2.33 bits per heavy atom. The zero-order valence-corrected chi connectivity index (χ0v) is 13.7. The van der Waals surface area contributed by atoms with Crippen LogP contribution in [0.3, 0.4) is 0 Å². The van der Waals surface area contributed by atoms with E-state index in [1.54, 1.807) is 11.4 Å². The minimum absolute atomic E-state index is 0.168. The highest BCUT2D eigenvalue weighted by Crippen LogP contribution is 2.20. The zero-order valence-electron chi connectivity index (χ0n) is 11.3. The molecule has 6 nitrogen and oxygen atoms in total. The Kier molecular flexibility index (Phi) is 5.54. The summed E-state index contributed by atoms with van der Waals surface area (Å²) in [6, 6.07) is 1.74. The van der Waals surface area contributed by atoms with Crippen molar-refractivity contribution < 1.29 is 14.1 Å². The smallest absolute Gasteiger partial charge is 0.313 e. The second-order valence-electron chi connectivity index (χ2n) is 4.10. The van der Waals surface area contributed by atoms with E-state index in [4.69, 9.17) is 5.11 Å². The first-order valence-electron chi connectivity index (χ1n) is 6.20. The lowest BCUT2D eigenvalue weighted by molar-refractivity contribution is -0.133. The molecule has 1 N–H and O–H groups in total. The summed E-state index contributed by atoms with van der Waals surface area (Å²) in [4.78, 5) is 27.5. The van der Waals surface area contributed by atoms with Gasteiger partial charge in [0.2, 0.25) is 0 Å². The monoisotopic (exact) mass is 346 g/mol. The molecule has 2 heterocycles. The molecule has 114 valence electrons. The first kappa shape index (κ1) is 16.2. The van der Waals surface area contributed by atoms with E-state index in [9.17, 15) is 13.8 Å². The van der Waals surface area contributed by atoms with Gasteiger partial charge in [-0.25, -0.2) is 4.98 Å². The van der Waals surface area contributed by atoms with Crippen LogP contribution in [0.5, 0.6) is 0 Å². The van der Waals surface area contributed by atoms with Gasteiger partial charge in [0.05, 0.1) is 11.3 Å². The summed E-state index contributed by atoms with van der Waals surface area (Å²) in [5.41, 5.74) is 0.377. The first-order chi connectivity index (χ1) is 10.0. The van der Waals surface area contributed by atoms with E-state index in [1.165, 1.54) is 15.9 Å². The molecule has 1 unspecified atom stereocenters. The zero-order chi connectivity index (χ0) is 15.4. The predicted octanol–water partition coefficient (Wildman–Crippen LogP) is 1.40. The van der Waals surface area contributed by atoms with Crippen LogP contribution >= 0.6 is 23.1 Å². The van der Waals surface area contributed by atoms with Crippen molar-refractivity contribution >= 4 is 50.1 Å². The fourth-order valence-electron chi connectivity index (χ4n) is 1.69. The summed E-state index contributed by atoms with van der Waals surface area (Å²) in [5, 5.41) is 10.9. The van der Waals surface area contributed by atoms with Crippen molar-refractivity contribution in [2.45, 2.75) is 18.6 Å². The average Bonchev–Trinajstić information content (AvgIpc) is 2.92. The normalized spacial score (nSPS) is 12.6. The van der Waals surface area contributed by atoms with Crippen molar-refractivity contribution in [1.29, 1.82) is 0 Å². The molecule has 0 aliphatic heterocycles. The summed E-state index contributed by atoms with van der Waals surface area (Å²) < 4.78 is 13.5. The number of aromatic nitrogens is 2. The van der Waals surface area contributed by atoms with Crippen LogP contribution < -0.4 is 5.56 Å². The van der Waals surface area contributed by atoms with Crippen molar-refractivity contribution in [2.24, 2.45) is 0 Å². The van der Waals surface area contributed by atoms with Gasteiger partial charge in [-0.15, -0.1) is 11.3 Å². The number of rotatable bonds is 7. The van der Waals surface area contributed by atoms with E-state index in [1.807, 2.05) is 6.92 Å². The van der Waals surface area contributed by atoms with Gasteiger partial charge in [0.1, 0.15) is 4.70 Å². The first-order valence-corrected chi connectivity index (χ1v) is 9.56. The third kappa shape index (κ3) is 3.92. The van der Waals surface area contributed by atoms with Crippen LogP contribution in [0.4, 0.5) is 0 Å². The third-order valence-corrected chi connectivity index (χ3v) is 5.85. The van der Waals surface area contributed by atoms with Crippen LogP contribution in [0, 0.1) is 0 Å². The average molecular weight is 346 g/mol. The van der Waals surface area contributed by atoms with Crippen LogP contribution in [0.2, 0.25) is 0 Å². The Bertz CT molecular complexity index is 738. The van der Waals surface area contributed by atoms with Gasteiger partial charge in [-0.05, 0) is 11.4 Å². The maximum Gasteiger partial charge on any atom is 0.313 e. The molecule has 0 radical (unpaired) electrons. The van der Waals surface area contributed by atoms with E-state index in [-0.39, 0.29) is 17.9 Å². The standard InChI is InChI=1S/C12H14N2O4S3/c1-2-21(18)6-4-14-11(17)10-8(3-5-19-10)13-12(14)20-7-9(15)16/h3,5H,2,4,6-7H2,1H3,(H,15,16). The van der Waals surface area contributed by atoms with E-state index in [0.717, 1.165) is 11.8 Å². The summed E-state index contributed by atoms with van der Waals surface area (Å²) in [5.74, 6) is -0.251. The van der Waals surface area contributed by atoms with Gasteiger partial charge in [0.25, 0.3) is 5.56 Å². The van der Waals surface area contributed by atoms with Gasteiger partial charge >= 0.3 is 5.97 Å². The Morgan fingerprint density at radius 3 is 3.00 bits per heavy atom. The molecule has 0 amide bonds. The second kappa shape index (κ2) is 7.19. The van der Waals surface area contributed by atoms with Crippen molar-refractivity contribution in [3.8, 4) is 0 Å². The molecule has 0 aromatic carbocycles. The molecule has 9 heteroatoms.